The van der Waals surface area contributed by atoms with Crippen LogP contribution in [0.1, 0.15) is 19.8 Å². The van der Waals surface area contributed by atoms with Gasteiger partial charge in [0.1, 0.15) is 17.2 Å². The average molecular weight is 256 g/mol. The molecule has 0 atom stereocenters. The van der Waals surface area contributed by atoms with E-state index in [1.807, 2.05) is 0 Å². The molecule has 0 aliphatic carbocycles. The molecule has 0 aliphatic heterocycles. The molecule has 0 radical (unpaired) electrons. The van der Waals surface area contributed by atoms with Crippen molar-refractivity contribution in [2.45, 2.75) is 25.9 Å². The van der Waals surface area contributed by atoms with E-state index >= 15 is 0 Å². The predicted octanol–water partition coefficient (Wildman–Crippen LogP) is 2.04. The molecule has 6 nitrogen and oxygen atoms in total. The van der Waals surface area contributed by atoms with Crippen molar-refractivity contribution in [3.05, 3.63) is 11.0 Å². The van der Waals surface area contributed by atoms with Gasteiger partial charge in [0, 0.05) is 0 Å². The first-order chi connectivity index (χ1) is 7.88. The topological polar surface area (TPSA) is 75.6 Å². The van der Waals surface area contributed by atoms with Crippen molar-refractivity contribution >= 4 is 32.9 Å². The molecule has 0 bridgehead atoms. The minimum absolute atomic E-state index is 0.117. The molecule has 8 heteroatoms. The average Bonchev–Trinajstić information content (AvgIpc) is 2.91. The molecule has 16 heavy (non-hydrogen) atoms. The van der Waals surface area contributed by atoms with Crippen LogP contribution in [0.4, 0.5) is 10.3 Å². The van der Waals surface area contributed by atoms with Crippen molar-refractivity contribution < 1.29 is 0 Å². The fourth-order valence-corrected chi connectivity index (χ4v) is 2.24. The number of hydrogen-bond donors (Lipinski definition) is 2. The van der Waals surface area contributed by atoms with Gasteiger partial charge in [0.2, 0.25) is 10.3 Å². The molecule has 2 N–H and O–H groups in total. The van der Waals surface area contributed by atoms with Crippen LogP contribution in [0.5, 0.6) is 0 Å². The Hall–Kier alpha value is -1.28. The molecule has 0 saturated carbocycles. The molecule has 0 aromatic carbocycles. The van der Waals surface area contributed by atoms with Crippen LogP contribution in [0.25, 0.3) is 0 Å². The second kappa shape index (κ2) is 5.71. The molecular weight excluding hydrogens is 244 g/mol. The normalized spacial score (nSPS) is 10.6. The maximum Gasteiger partial charge on any atom is 0.207 e. The van der Waals surface area contributed by atoms with Gasteiger partial charge in [0.15, 0.2) is 0 Å². The fraction of sp³-hybridized carbons (Fsp3) is 0.500. The molecule has 2 heterocycles. The number of nitrogens with zero attached hydrogens (tertiary/aromatic N) is 4. The monoisotopic (exact) mass is 256 g/mol. The van der Waals surface area contributed by atoms with E-state index in [4.69, 9.17) is 0 Å². The van der Waals surface area contributed by atoms with Gasteiger partial charge in [-0.3, -0.25) is 0 Å². The highest BCUT2D eigenvalue weighted by molar-refractivity contribution is 7.13. The van der Waals surface area contributed by atoms with Crippen molar-refractivity contribution in [3.63, 3.8) is 0 Å². The molecule has 0 aliphatic rings. The van der Waals surface area contributed by atoms with Crippen LogP contribution in [-0.4, -0.2) is 26.6 Å². The Balaban J connectivity index is 1.94. The maximum atomic E-state index is 3.95. The third kappa shape index (κ3) is 3.11. The Morgan fingerprint density at radius 3 is 2.06 bits per heavy atom. The van der Waals surface area contributed by atoms with Crippen LogP contribution in [0.15, 0.2) is 11.0 Å². The molecule has 0 fully saturated rings. The SMILES string of the molecule is CCCC(Nc1nncs1)Nc1nncs1. The van der Waals surface area contributed by atoms with E-state index in [1.165, 1.54) is 22.7 Å². The van der Waals surface area contributed by atoms with Gasteiger partial charge in [-0.2, -0.15) is 0 Å². The van der Waals surface area contributed by atoms with Gasteiger partial charge in [0.05, 0.1) is 0 Å². The molecular formula is C8H12N6S2. The molecule has 2 aromatic rings. The van der Waals surface area contributed by atoms with Gasteiger partial charge < -0.3 is 10.6 Å². The van der Waals surface area contributed by atoms with Crippen molar-refractivity contribution in [2.24, 2.45) is 0 Å². The molecule has 2 aromatic heterocycles. The summed E-state index contributed by atoms with van der Waals surface area (Å²) >= 11 is 2.97. The Morgan fingerprint density at radius 1 is 1.12 bits per heavy atom. The molecule has 0 saturated heterocycles. The second-order valence-electron chi connectivity index (χ2n) is 3.12. The van der Waals surface area contributed by atoms with Crippen LogP contribution in [0.2, 0.25) is 0 Å². The number of hydrogen-bond acceptors (Lipinski definition) is 8. The summed E-state index contributed by atoms with van der Waals surface area (Å²) in [6.45, 7) is 2.14. The zero-order chi connectivity index (χ0) is 11.2. The van der Waals surface area contributed by atoms with Gasteiger partial charge in [-0.05, 0) is 6.42 Å². The van der Waals surface area contributed by atoms with Crippen LogP contribution in [-0.2, 0) is 0 Å². The van der Waals surface area contributed by atoms with Gasteiger partial charge in [-0.15, -0.1) is 20.4 Å². The lowest BCUT2D eigenvalue weighted by atomic mass is 10.3. The first-order valence-electron chi connectivity index (χ1n) is 4.94. The van der Waals surface area contributed by atoms with Crippen LogP contribution in [0, 0.1) is 0 Å². The quantitative estimate of drug-likeness (QED) is 0.770. The summed E-state index contributed by atoms with van der Waals surface area (Å²) < 4.78 is 0. The van der Waals surface area contributed by atoms with E-state index in [1.54, 1.807) is 11.0 Å². The van der Waals surface area contributed by atoms with E-state index in [2.05, 4.69) is 38.0 Å². The first kappa shape index (κ1) is 11.2. The summed E-state index contributed by atoms with van der Waals surface area (Å²) in [7, 11) is 0. The zero-order valence-corrected chi connectivity index (χ0v) is 10.4. The summed E-state index contributed by atoms with van der Waals surface area (Å²) in [4.78, 5) is 0. The van der Waals surface area contributed by atoms with Crippen LogP contribution < -0.4 is 10.6 Å². The van der Waals surface area contributed by atoms with E-state index in [9.17, 15) is 0 Å². The number of nitrogens with one attached hydrogen (secondary N) is 2. The van der Waals surface area contributed by atoms with Gasteiger partial charge in [-0.1, -0.05) is 36.0 Å². The lowest BCUT2D eigenvalue weighted by Gasteiger charge is -2.17. The minimum atomic E-state index is 0.117. The highest BCUT2D eigenvalue weighted by Crippen LogP contribution is 2.15. The Bertz CT molecular complexity index is 350. The van der Waals surface area contributed by atoms with Crippen LogP contribution >= 0.6 is 22.7 Å². The smallest absolute Gasteiger partial charge is 0.207 e. The van der Waals surface area contributed by atoms with Gasteiger partial charge >= 0.3 is 0 Å². The molecule has 0 amide bonds. The third-order valence-corrected chi connectivity index (χ3v) is 3.14. The van der Waals surface area contributed by atoms with Gasteiger partial charge in [-0.25, -0.2) is 0 Å². The highest BCUT2D eigenvalue weighted by atomic mass is 32.1. The van der Waals surface area contributed by atoms with E-state index in [-0.39, 0.29) is 6.17 Å². The molecule has 86 valence electrons. The summed E-state index contributed by atoms with van der Waals surface area (Å²) in [6.07, 6.45) is 2.17. The number of anilines is 2. The van der Waals surface area contributed by atoms with E-state index in [0.29, 0.717) is 0 Å². The lowest BCUT2D eigenvalue weighted by molar-refractivity contribution is 0.698. The molecule has 2 rings (SSSR count). The summed E-state index contributed by atoms with van der Waals surface area (Å²) in [5, 5.41) is 23.6. The van der Waals surface area contributed by atoms with Crippen LogP contribution in [0.3, 0.4) is 0 Å². The summed E-state index contributed by atoms with van der Waals surface area (Å²) in [5.41, 5.74) is 3.41. The predicted molar refractivity (Wildman–Crippen MR) is 65.8 cm³/mol. The number of aromatic nitrogens is 4. The first-order valence-corrected chi connectivity index (χ1v) is 6.70. The highest BCUT2D eigenvalue weighted by Gasteiger charge is 2.10. The van der Waals surface area contributed by atoms with Crippen molar-refractivity contribution in [1.29, 1.82) is 0 Å². The second-order valence-corrected chi connectivity index (χ2v) is 4.78. The molecule has 0 spiro atoms. The fourth-order valence-electron chi connectivity index (χ4n) is 1.24. The van der Waals surface area contributed by atoms with Gasteiger partial charge in [0.25, 0.3) is 0 Å². The summed E-state index contributed by atoms with van der Waals surface area (Å²) in [6, 6.07) is 0. The minimum Gasteiger partial charge on any atom is -0.340 e. The van der Waals surface area contributed by atoms with Crippen molar-refractivity contribution in [1.82, 2.24) is 20.4 Å². The Morgan fingerprint density at radius 2 is 1.69 bits per heavy atom. The van der Waals surface area contributed by atoms with E-state index in [0.717, 1.165) is 23.1 Å². The zero-order valence-electron chi connectivity index (χ0n) is 8.75. The standard InChI is InChI=1S/C8H12N6S2/c1-2-3-6(11-7-13-9-4-15-7)12-8-14-10-5-16-8/h4-6H,2-3H2,1H3,(H,11,13)(H,12,14). The Kier molecular flexibility index (Phi) is 4.00. The third-order valence-electron chi connectivity index (χ3n) is 1.89. The summed E-state index contributed by atoms with van der Waals surface area (Å²) in [5.74, 6) is 0. The van der Waals surface area contributed by atoms with Crippen molar-refractivity contribution in [3.8, 4) is 0 Å². The number of rotatable bonds is 6. The Labute approximate surface area is 101 Å². The van der Waals surface area contributed by atoms with Crippen molar-refractivity contribution in [2.75, 3.05) is 10.6 Å². The van der Waals surface area contributed by atoms with E-state index < -0.39 is 0 Å². The largest absolute Gasteiger partial charge is 0.340 e. The lowest BCUT2D eigenvalue weighted by Crippen LogP contribution is -2.28. The molecule has 0 unspecified atom stereocenters. The maximum absolute atomic E-state index is 3.95.